The second-order valence-corrected chi connectivity index (χ2v) is 6.09. The highest BCUT2D eigenvalue weighted by Gasteiger charge is 2.20. The second-order valence-electron chi connectivity index (χ2n) is 6.09. The summed E-state index contributed by atoms with van der Waals surface area (Å²) in [5.41, 5.74) is 3.24. The summed E-state index contributed by atoms with van der Waals surface area (Å²) in [5.74, 6) is -0.234. The number of carbonyl (C=O) groups is 1. The third kappa shape index (κ3) is 4.38. The van der Waals surface area contributed by atoms with E-state index in [1.54, 1.807) is 23.2 Å². The highest BCUT2D eigenvalue weighted by molar-refractivity contribution is 5.76. The van der Waals surface area contributed by atoms with Crippen molar-refractivity contribution in [1.29, 1.82) is 0 Å². The molecule has 0 spiro atoms. The van der Waals surface area contributed by atoms with E-state index in [2.05, 4.69) is 10.2 Å². The molecule has 130 valence electrons. The molecule has 0 aromatic heterocycles. The first kappa shape index (κ1) is 17.0. The number of urea groups is 1. The zero-order chi connectivity index (χ0) is 17.6. The Morgan fingerprint density at radius 2 is 1.72 bits per heavy atom. The lowest BCUT2D eigenvalue weighted by Crippen LogP contribution is -2.51. The van der Waals surface area contributed by atoms with Gasteiger partial charge in [-0.05, 0) is 48.4 Å². The molecule has 1 heterocycles. The molecule has 0 radical (unpaired) electrons. The molecular weight excluding hydrogens is 317 g/mol. The molecule has 0 unspecified atom stereocenters. The fourth-order valence-corrected chi connectivity index (χ4v) is 2.89. The minimum Gasteiger partial charge on any atom is -0.368 e. The van der Waals surface area contributed by atoms with Gasteiger partial charge in [0.1, 0.15) is 5.82 Å². The van der Waals surface area contributed by atoms with Crippen LogP contribution in [0.4, 0.5) is 14.9 Å². The van der Waals surface area contributed by atoms with Gasteiger partial charge in [0.25, 0.3) is 0 Å². The van der Waals surface area contributed by atoms with Crippen LogP contribution in [0.25, 0.3) is 6.08 Å². The highest BCUT2D eigenvalue weighted by Crippen LogP contribution is 2.17. The van der Waals surface area contributed by atoms with Gasteiger partial charge in [-0.2, -0.15) is 0 Å². The van der Waals surface area contributed by atoms with E-state index in [0.29, 0.717) is 13.1 Å². The Morgan fingerprint density at radius 1 is 1.04 bits per heavy atom. The van der Waals surface area contributed by atoms with Gasteiger partial charge in [0.05, 0.1) is 0 Å². The number of benzene rings is 2. The first-order valence-corrected chi connectivity index (χ1v) is 8.41. The predicted octanol–water partition coefficient (Wildman–Crippen LogP) is 3.64. The number of piperazine rings is 1. The van der Waals surface area contributed by atoms with E-state index in [0.717, 1.165) is 24.3 Å². The normalized spacial score (nSPS) is 14.8. The van der Waals surface area contributed by atoms with Gasteiger partial charge in [-0.15, -0.1) is 0 Å². The zero-order valence-electron chi connectivity index (χ0n) is 14.3. The number of hydrogen-bond acceptors (Lipinski definition) is 2. The van der Waals surface area contributed by atoms with Gasteiger partial charge in [0, 0.05) is 38.1 Å². The molecule has 25 heavy (non-hydrogen) atoms. The van der Waals surface area contributed by atoms with E-state index in [-0.39, 0.29) is 11.8 Å². The summed E-state index contributed by atoms with van der Waals surface area (Å²) in [6.45, 7) is 4.79. The van der Waals surface area contributed by atoms with Crippen LogP contribution in [0.15, 0.2) is 54.7 Å². The van der Waals surface area contributed by atoms with E-state index in [4.69, 9.17) is 0 Å². The molecule has 2 aromatic rings. The summed E-state index contributed by atoms with van der Waals surface area (Å²) in [6.07, 6.45) is 3.60. The molecule has 1 aliphatic rings. The Bertz CT molecular complexity index is 750. The minimum atomic E-state index is -0.234. The number of amides is 2. The third-order valence-corrected chi connectivity index (χ3v) is 4.42. The van der Waals surface area contributed by atoms with Gasteiger partial charge in [0.15, 0.2) is 0 Å². The largest absolute Gasteiger partial charge is 0.368 e. The summed E-state index contributed by atoms with van der Waals surface area (Å²) >= 11 is 0. The average molecular weight is 339 g/mol. The summed E-state index contributed by atoms with van der Waals surface area (Å²) in [4.78, 5) is 16.2. The molecule has 3 rings (SSSR count). The van der Waals surface area contributed by atoms with E-state index < -0.39 is 0 Å². The smallest absolute Gasteiger partial charge is 0.321 e. The first-order chi connectivity index (χ1) is 12.1. The molecule has 2 amide bonds. The Hall–Kier alpha value is -2.82. The molecule has 0 aliphatic carbocycles. The van der Waals surface area contributed by atoms with Gasteiger partial charge in [-0.3, -0.25) is 0 Å². The van der Waals surface area contributed by atoms with Gasteiger partial charge < -0.3 is 15.1 Å². The second kappa shape index (κ2) is 7.83. The van der Waals surface area contributed by atoms with Crippen LogP contribution in [-0.4, -0.2) is 37.1 Å². The van der Waals surface area contributed by atoms with Crippen molar-refractivity contribution < 1.29 is 9.18 Å². The molecule has 1 aliphatic heterocycles. The summed E-state index contributed by atoms with van der Waals surface area (Å²) in [6, 6.07) is 14.4. The first-order valence-electron chi connectivity index (χ1n) is 8.41. The number of hydrogen-bond donors (Lipinski definition) is 1. The number of halogens is 1. The quantitative estimate of drug-likeness (QED) is 0.927. The van der Waals surface area contributed by atoms with Crippen LogP contribution in [-0.2, 0) is 0 Å². The molecule has 0 atom stereocenters. The van der Waals surface area contributed by atoms with E-state index in [9.17, 15) is 9.18 Å². The molecule has 2 aromatic carbocycles. The van der Waals surface area contributed by atoms with Crippen molar-refractivity contribution >= 4 is 17.8 Å². The fourth-order valence-electron chi connectivity index (χ4n) is 2.89. The minimum absolute atomic E-state index is 0.0939. The molecule has 1 saturated heterocycles. The maximum absolute atomic E-state index is 13.0. The van der Waals surface area contributed by atoms with Crippen LogP contribution < -0.4 is 10.2 Å². The number of aryl methyl sites for hydroxylation is 1. The van der Waals surface area contributed by atoms with Gasteiger partial charge >= 0.3 is 6.03 Å². The summed E-state index contributed by atoms with van der Waals surface area (Å²) in [7, 11) is 0. The molecule has 1 fully saturated rings. The monoisotopic (exact) mass is 339 g/mol. The molecular formula is C20H22FN3O. The van der Waals surface area contributed by atoms with Crippen LogP contribution in [0.2, 0.25) is 0 Å². The van der Waals surface area contributed by atoms with Crippen LogP contribution >= 0.6 is 0 Å². The predicted molar refractivity (Wildman–Crippen MR) is 98.9 cm³/mol. The molecule has 0 bridgehead atoms. The number of rotatable bonds is 3. The molecule has 0 saturated carbocycles. The Balaban J connectivity index is 1.50. The zero-order valence-corrected chi connectivity index (χ0v) is 14.3. The number of anilines is 1. The molecule has 4 nitrogen and oxygen atoms in total. The number of carbonyl (C=O) groups excluding carboxylic acids is 1. The van der Waals surface area contributed by atoms with Crippen molar-refractivity contribution in [3.05, 3.63) is 71.7 Å². The fraction of sp³-hybridized carbons (Fsp3) is 0.250. The number of nitrogens with zero attached hydrogens (tertiary/aromatic N) is 2. The van der Waals surface area contributed by atoms with Crippen molar-refractivity contribution in [2.75, 3.05) is 31.1 Å². The number of nitrogens with one attached hydrogen (secondary N) is 1. The van der Waals surface area contributed by atoms with Gasteiger partial charge in [-0.25, -0.2) is 9.18 Å². The standard InChI is InChI=1S/C20H22FN3O/c1-16-4-2-3-5-17(16)10-11-22-20(25)24-14-12-23(13-15-24)19-8-6-18(21)7-9-19/h2-11H,12-15H2,1H3,(H,22,25)/b11-10+. The van der Waals surface area contributed by atoms with Crippen molar-refractivity contribution in [2.24, 2.45) is 0 Å². The van der Waals surface area contributed by atoms with Crippen LogP contribution in [0.3, 0.4) is 0 Å². The summed E-state index contributed by atoms with van der Waals surface area (Å²) in [5, 5.41) is 2.83. The maximum Gasteiger partial charge on any atom is 0.321 e. The SMILES string of the molecule is Cc1ccccc1/C=C/NC(=O)N1CCN(c2ccc(F)cc2)CC1. The van der Waals surface area contributed by atoms with Crippen LogP contribution in [0.1, 0.15) is 11.1 Å². The lowest BCUT2D eigenvalue weighted by Gasteiger charge is -2.35. The molecule has 5 heteroatoms. The van der Waals surface area contributed by atoms with Crippen LogP contribution in [0, 0.1) is 12.7 Å². The Kier molecular flexibility index (Phi) is 5.33. The van der Waals surface area contributed by atoms with E-state index in [1.165, 1.54) is 17.7 Å². The summed E-state index contributed by atoms with van der Waals surface area (Å²) < 4.78 is 13.0. The van der Waals surface area contributed by atoms with E-state index >= 15 is 0 Å². The average Bonchev–Trinajstić information content (AvgIpc) is 2.64. The lowest BCUT2D eigenvalue weighted by atomic mass is 10.1. The van der Waals surface area contributed by atoms with Gasteiger partial charge in [-0.1, -0.05) is 24.3 Å². The van der Waals surface area contributed by atoms with Crippen molar-refractivity contribution in [3.8, 4) is 0 Å². The maximum atomic E-state index is 13.0. The lowest BCUT2D eigenvalue weighted by molar-refractivity contribution is 0.198. The third-order valence-electron chi connectivity index (χ3n) is 4.42. The van der Waals surface area contributed by atoms with Crippen molar-refractivity contribution in [1.82, 2.24) is 10.2 Å². The molecule has 1 N–H and O–H groups in total. The van der Waals surface area contributed by atoms with Gasteiger partial charge in [0.2, 0.25) is 0 Å². The Labute approximate surface area is 147 Å². The van der Waals surface area contributed by atoms with Crippen LogP contribution in [0.5, 0.6) is 0 Å². The highest BCUT2D eigenvalue weighted by atomic mass is 19.1. The Morgan fingerprint density at radius 3 is 2.40 bits per heavy atom. The van der Waals surface area contributed by atoms with Crippen molar-refractivity contribution in [2.45, 2.75) is 6.92 Å². The van der Waals surface area contributed by atoms with Crippen molar-refractivity contribution in [3.63, 3.8) is 0 Å². The van der Waals surface area contributed by atoms with E-state index in [1.807, 2.05) is 37.3 Å². The topological polar surface area (TPSA) is 35.6 Å².